The van der Waals surface area contributed by atoms with Crippen LogP contribution in [0.15, 0.2) is 30.3 Å². The highest BCUT2D eigenvalue weighted by molar-refractivity contribution is 7.39. The fourth-order valence-electron chi connectivity index (χ4n) is 3.37. The fraction of sp³-hybridized carbons (Fsp3) is 0.571. The standard InChI is InChI=1S/C14H20NP/c1-14(11-5-3-2-4-6-11)8-10-7-13(15)12(10)9-16-14/h2-6,10,12-13,16H,7-9,15H2,1H3/t10?,12-,13?,14?/m0/s1. The second-order valence-corrected chi connectivity index (χ2v) is 7.47. The van der Waals surface area contributed by atoms with Crippen LogP contribution in [-0.2, 0) is 5.16 Å². The van der Waals surface area contributed by atoms with Crippen LogP contribution >= 0.6 is 8.58 Å². The maximum Gasteiger partial charge on any atom is 0.0101 e. The van der Waals surface area contributed by atoms with Crippen LogP contribution in [0.4, 0.5) is 0 Å². The second-order valence-electron chi connectivity index (χ2n) is 5.61. The van der Waals surface area contributed by atoms with Crippen molar-refractivity contribution in [3.63, 3.8) is 0 Å². The molecular weight excluding hydrogens is 213 g/mol. The van der Waals surface area contributed by atoms with E-state index in [0.29, 0.717) is 11.2 Å². The second kappa shape index (κ2) is 3.82. The lowest BCUT2D eigenvalue weighted by molar-refractivity contribution is 0.124. The van der Waals surface area contributed by atoms with Crippen molar-refractivity contribution in [3.8, 4) is 0 Å². The Hall–Kier alpha value is -0.390. The van der Waals surface area contributed by atoms with Gasteiger partial charge in [0.25, 0.3) is 0 Å². The third-order valence-electron chi connectivity index (χ3n) is 4.54. The molecule has 1 aliphatic carbocycles. The molecule has 2 aliphatic rings. The van der Waals surface area contributed by atoms with Crippen molar-refractivity contribution in [1.82, 2.24) is 0 Å². The quantitative estimate of drug-likeness (QED) is 0.741. The van der Waals surface area contributed by atoms with Gasteiger partial charge < -0.3 is 5.73 Å². The van der Waals surface area contributed by atoms with Gasteiger partial charge in [0.15, 0.2) is 0 Å². The van der Waals surface area contributed by atoms with E-state index in [1.54, 1.807) is 0 Å². The molecule has 5 atom stereocenters. The molecule has 0 bridgehead atoms. The highest BCUT2D eigenvalue weighted by atomic mass is 31.1. The Bertz CT molecular complexity index is 378. The first-order valence-corrected chi connectivity index (χ1v) is 7.46. The topological polar surface area (TPSA) is 26.0 Å². The van der Waals surface area contributed by atoms with Gasteiger partial charge in [0.2, 0.25) is 0 Å². The molecule has 16 heavy (non-hydrogen) atoms. The predicted octanol–water partition coefficient (Wildman–Crippen LogP) is 2.95. The number of hydrogen-bond acceptors (Lipinski definition) is 1. The van der Waals surface area contributed by atoms with Gasteiger partial charge in [0, 0.05) is 11.2 Å². The lowest BCUT2D eigenvalue weighted by atomic mass is 9.66. The Labute approximate surface area is 99.6 Å². The van der Waals surface area contributed by atoms with Gasteiger partial charge >= 0.3 is 0 Å². The summed E-state index contributed by atoms with van der Waals surface area (Å²) < 4.78 is 0. The van der Waals surface area contributed by atoms with Crippen molar-refractivity contribution in [2.24, 2.45) is 17.6 Å². The summed E-state index contributed by atoms with van der Waals surface area (Å²) in [6.07, 6.45) is 3.97. The Balaban J connectivity index is 1.81. The molecule has 1 aromatic rings. The van der Waals surface area contributed by atoms with Crippen molar-refractivity contribution in [2.75, 3.05) is 6.16 Å². The molecule has 0 amide bonds. The van der Waals surface area contributed by atoms with Crippen molar-refractivity contribution in [2.45, 2.75) is 31.0 Å². The number of rotatable bonds is 1. The SMILES string of the molecule is CC1(c2ccccc2)CC2CC(N)[C@H]2CP1. The molecule has 1 nitrogen and oxygen atoms in total. The smallest absolute Gasteiger partial charge is 0.0101 e. The molecule has 2 heteroatoms. The van der Waals surface area contributed by atoms with Crippen molar-refractivity contribution in [1.29, 1.82) is 0 Å². The maximum atomic E-state index is 6.06. The van der Waals surface area contributed by atoms with Gasteiger partial charge in [-0.25, -0.2) is 0 Å². The minimum atomic E-state index is 0.433. The first-order valence-electron chi connectivity index (χ1n) is 6.25. The third-order valence-corrected chi connectivity index (χ3v) is 6.49. The van der Waals surface area contributed by atoms with Crippen LogP contribution < -0.4 is 5.73 Å². The average molecular weight is 233 g/mol. The van der Waals surface area contributed by atoms with Crippen LogP contribution in [0.25, 0.3) is 0 Å². The molecule has 3 rings (SSSR count). The van der Waals surface area contributed by atoms with E-state index in [1.807, 2.05) is 0 Å². The molecule has 2 fully saturated rings. The fourth-order valence-corrected chi connectivity index (χ4v) is 5.47. The van der Waals surface area contributed by atoms with E-state index in [4.69, 9.17) is 5.73 Å². The zero-order valence-corrected chi connectivity index (χ0v) is 10.8. The van der Waals surface area contributed by atoms with Crippen LogP contribution in [0.3, 0.4) is 0 Å². The Kier molecular flexibility index (Phi) is 2.57. The van der Waals surface area contributed by atoms with Crippen LogP contribution in [-0.4, -0.2) is 12.2 Å². The van der Waals surface area contributed by atoms with Gasteiger partial charge in [-0.1, -0.05) is 37.3 Å². The molecule has 4 unspecified atom stereocenters. The highest BCUT2D eigenvalue weighted by Gasteiger charge is 2.46. The number of fused-ring (bicyclic) bond motifs is 1. The van der Waals surface area contributed by atoms with E-state index >= 15 is 0 Å². The van der Waals surface area contributed by atoms with E-state index in [2.05, 4.69) is 37.3 Å². The van der Waals surface area contributed by atoms with Gasteiger partial charge in [-0.3, -0.25) is 0 Å². The monoisotopic (exact) mass is 233 g/mol. The van der Waals surface area contributed by atoms with Gasteiger partial charge in [0.05, 0.1) is 0 Å². The van der Waals surface area contributed by atoms with Crippen LogP contribution in [0, 0.1) is 11.8 Å². The molecule has 1 aliphatic heterocycles. The summed E-state index contributed by atoms with van der Waals surface area (Å²) in [6.45, 7) is 2.45. The molecule has 86 valence electrons. The minimum Gasteiger partial charge on any atom is -0.327 e. The molecular formula is C14H20NP. The highest BCUT2D eigenvalue weighted by Crippen LogP contribution is 2.57. The average Bonchev–Trinajstić information content (AvgIpc) is 2.29. The predicted molar refractivity (Wildman–Crippen MR) is 71.2 cm³/mol. The molecule has 1 aromatic carbocycles. The number of nitrogens with two attached hydrogens (primary N) is 1. The van der Waals surface area contributed by atoms with Crippen molar-refractivity contribution < 1.29 is 0 Å². The third kappa shape index (κ3) is 1.61. The molecule has 2 N–H and O–H groups in total. The molecule has 0 aromatic heterocycles. The van der Waals surface area contributed by atoms with Crippen LogP contribution in [0.1, 0.15) is 25.3 Å². The van der Waals surface area contributed by atoms with Crippen molar-refractivity contribution >= 4 is 8.58 Å². The van der Waals surface area contributed by atoms with E-state index in [0.717, 1.165) is 20.4 Å². The lowest BCUT2D eigenvalue weighted by Gasteiger charge is -2.52. The Morgan fingerprint density at radius 3 is 2.69 bits per heavy atom. The van der Waals surface area contributed by atoms with Gasteiger partial charge in [-0.05, 0) is 36.4 Å². The van der Waals surface area contributed by atoms with Gasteiger partial charge in [0.1, 0.15) is 0 Å². The molecule has 1 saturated carbocycles. The summed E-state index contributed by atoms with van der Waals surface area (Å²) in [5, 5.41) is 0.433. The Morgan fingerprint density at radius 1 is 1.31 bits per heavy atom. The normalized spacial score (nSPS) is 43.8. The van der Waals surface area contributed by atoms with Crippen molar-refractivity contribution in [3.05, 3.63) is 35.9 Å². The first kappa shape index (κ1) is 10.7. The first-order chi connectivity index (χ1) is 7.69. The van der Waals surface area contributed by atoms with Gasteiger partial charge in [-0.15, -0.1) is 8.58 Å². The summed E-state index contributed by atoms with van der Waals surface area (Å²) in [5.41, 5.74) is 7.60. The zero-order valence-electron chi connectivity index (χ0n) is 9.82. The maximum absolute atomic E-state index is 6.06. The molecule has 0 spiro atoms. The molecule has 0 radical (unpaired) electrons. The van der Waals surface area contributed by atoms with E-state index in [-0.39, 0.29) is 0 Å². The minimum absolute atomic E-state index is 0.433. The largest absolute Gasteiger partial charge is 0.327 e. The lowest BCUT2D eigenvalue weighted by Crippen LogP contribution is -2.52. The summed E-state index contributed by atoms with van der Waals surface area (Å²) in [5.74, 6) is 1.75. The number of benzene rings is 1. The molecule has 1 saturated heterocycles. The Morgan fingerprint density at radius 2 is 2.06 bits per heavy atom. The van der Waals surface area contributed by atoms with E-state index in [1.165, 1.54) is 24.6 Å². The summed E-state index contributed by atoms with van der Waals surface area (Å²) in [7, 11) is 1.05. The number of hydrogen-bond donors (Lipinski definition) is 1. The summed E-state index contributed by atoms with van der Waals surface area (Å²) in [6, 6.07) is 11.6. The summed E-state index contributed by atoms with van der Waals surface area (Å²) >= 11 is 0. The van der Waals surface area contributed by atoms with Crippen LogP contribution in [0.5, 0.6) is 0 Å². The van der Waals surface area contributed by atoms with Crippen LogP contribution in [0.2, 0.25) is 0 Å². The van der Waals surface area contributed by atoms with Gasteiger partial charge in [-0.2, -0.15) is 0 Å². The van der Waals surface area contributed by atoms with E-state index < -0.39 is 0 Å². The zero-order chi connectivity index (χ0) is 11.2. The summed E-state index contributed by atoms with van der Waals surface area (Å²) in [4.78, 5) is 0. The molecule has 1 heterocycles. The van der Waals surface area contributed by atoms with E-state index in [9.17, 15) is 0 Å².